The zero-order chi connectivity index (χ0) is 15.4. The van der Waals surface area contributed by atoms with Gasteiger partial charge in [-0.1, -0.05) is 31.9 Å². The van der Waals surface area contributed by atoms with Crippen LogP contribution in [0.15, 0.2) is 18.2 Å². The van der Waals surface area contributed by atoms with Crippen molar-refractivity contribution in [2.75, 3.05) is 20.2 Å². The van der Waals surface area contributed by atoms with Crippen molar-refractivity contribution in [3.05, 3.63) is 28.8 Å². The zero-order valence-corrected chi connectivity index (χ0v) is 14.3. The quantitative estimate of drug-likeness (QED) is 0.900. The Morgan fingerprint density at radius 1 is 1.48 bits per heavy atom. The second-order valence-electron chi connectivity index (χ2n) is 6.15. The van der Waals surface area contributed by atoms with Crippen LogP contribution >= 0.6 is 11.6 Å². The Labute approximate surface area is 133 Å². The van der Waals surface area contributed by atoms with E-state index in [0.29, 0.717) is 18.0 Å². The second-order valence-corrected chi connectivity index (χ2v) is 6.58. The molecular formula is C17H27ClN2O. The molecule has 3 unspecified atom stereocenters. The van der Waals surface area contributed by atoms with Gasteiger partial charge in [-0.3, -0.25) is 4.90 Å². The number of halogens is 1. The highest BCUT2D eigenvalue weighted by Gasteiger charge is 2.29. The highest BCUT2D eigenvalue weighted by atomic mass is 35.5. The molecule has 1 saturated heterocycles. The summed E-state index contributed by atoms with van der Waals surface area (Å²) in [5.74, 6) is 1.60. The van der Waals surface area contributed by atoms with Gasteiger partial charge in [0.1, 0.15) is 5.75 Å². The van der Waals surface area contributed by atoms with Gasteiger partial charge in [-0.25, -0.2) is 0 Å². The highest BCUT2D eigenvalue weighted by molar-refractivity contribution is 6.30. The minimum Gasteiger partial charge on any atom is -0.496 e. The second kappa shape index (κ2) is 7.48. The van der Waals surface area contributed by atoms with Gasteiger partial charge in [-0.2, -0.15) is 0 Å². The van der Waals surface area contributed by atoms with E-state index in [2.05, 4.69) is 31.0 Å². The molecule has 1 aliphatic heterocycles. The number of nitrogens with zero attached hydrogens (tertiary/aromatic N) is 1. The van der Waals surface area contributed by atoms with E-state index >= 15 is 0 Å². The Morgan fingerprint density at radius 3 is 2.90 bits per heavy atom. The van der Waals surface area contributed by atoms with Gasteiger partial charge in [0.25, 0.3) is 0 Å². The lowest BCUT2D eigenvalue weighted by Crippen LogP contribution is -2.57. The first-order valence-electron chi connectivity index (χ1n) is 7.85. The van der Waals surface area contributed by atoms with Gasteiger partial charge >= 0.3 is 0 Å². The minimum absolute atomic E-state index is 0.524. The summed E-state index contributed by atoms with van der Waals surface area (Å²) in [6.45, 7) is 9.86. The number of hydrogen-bond acceptors (Lipinski definition) is 3. The van der Waals surface area contributed by atoms with E-state index in [1.54, 1.807) is 7.11 Å². The van der Waals surface area contributed by atoms with Crippen LogP contribution in [0.3, 0.4) is 0 Å². The number of ether oxygens (including phenoxy) is 1. The van der Waals surface area contributed by atoms with E-state index in [9.17, 15) is 0 Å². The largest absolute Gasteiger partial charge is 0.496 e. The maximum atomic E-state index is 6.16. The normalized spacial score (nSPS) is 24.8. The Balaban J connectivity index is 2.19. The van der Waals surface area contributed by atoms with Gasteiger partial charge in [0, 0.05) is 42.3 Å². The van der Waals surface area contributed by atoms with Gasteiger partial charge in [-0.15, -0.1) is 0 Å². The van der Waals surface area contributed by atoms with E-state index in [0.717, 1.165) is 30.4 Å². The van der Waals surface area contributed by atoms with Crippen LogP contribution in [0.4, 0.5) is 0 Å². The summed E-state index contributed by atoms with van der Waals surface area (Å²) in [5, 5.41) is 4.38. The smallest absolute Gasteiger partial charge is 0.123 e. The molecule has 1 aromatic carbocycles. The summed E-state index contributed by atoms with van der Waals surface area (Å²) < 4.78 is 5.49. The average Bonchev–Trinajstić information content (AvgIpc) is 2.47. The molecule has 0 saturated carbocycles. The third-order valence-electron chi connectivity index (χ3n) is 4.57. The van der Waals surface area contributed by atoms with Crippen molar-refractivity contribution in [3.63, 3.8) is 0 Å². The van der Waals surface area contributed by atoms with Crippen molar-refractivity contribution < 1.29 is 4.74 Å². The average molecular weight is 311 g/mol. The summed E-state index contributed by atoms with van der Waals surface area (Å²) in [4.78, 5) is 2.57. The molecule has 2 rings (SSSR count). The number of piperazine rings is 1. The Kier molecular flexibility index (Phi) is 5.91. The van der Waals surface area contributed by atoms with Gasteiger partial charge in [0.05, 0.1) is 7.11 Å². The van der Waals surface area contributed by atoms with Crippen LogP contribution in [0, 0.1) is 5.92 Å². The van der Waals surface area contributed by atoms with Crippen LogP contribution in [0.25, 0.3) is 0 Å². The van der Waals surface area contributed by atoms with Gasteiger partial charge in [0.15, 0.2) is 0 Å². The van der Waals surface area contributed by atoms with Gasteiger partial charge < -0.3 is 10.1 Å². The van der Waals surface area contributed by atoms with E-state index in [1.807, 2.05) is 18.2 Å². The molecular weight excluding hydrogens is 284 g/mol. The SMILES string of the molecule is CCC(C)C1CNC(C)CN1Cc1cc(Cl)ccc1OC. The molecule has 3 nitrogen and oxygen atoms in total. The van der Waals surface area contributed by atoms with E-state index in [4.69, 9.17) is 16.3 Å². The molecule has 0 radical (unpaired) electrons. The van der Waals surface area contributed by atoms with Crippen LogP contribution in [0.5, 0.6) is 5.75 Å². The van der Waals surface area contributed by atoms with Crippen LogP contribution < -0.4 is 10.1 Å². The fourth-order valence-corrected chi connectivity index (χ4v) is 3.30. The molecule has 4 heteroatoms. The molecule has 0 bridgehead atoms. The molecule has 0 amide bonds. The Morgan fingerprint density at radius 2 is 2.24 bits per heavy atom. The van der Waals surface area contributed by atoms with Crippen molar-refractivity contribution in [1.29, 1.82) is 0 Å². The lowest BCUT2D eigenvalue weighted by molar-refractivity contribution is 0.0877. The number of hydrogen-bond donors (Lipinski definition) is 1. The molecule has 1 heterocycles. The van der Waals surface area contributed by atoms with Crippen molar-refractivity contribution >= 4 is 11.6 Å². The summed E-state index contributed by atoms with van der Waals surface area (Å²) in [5.41, 5.74) is 1.17. The third-order valence-corrected chi connectivity index (χ3v) is 4.80. The lowest BCUT2D eigenvalue weighted by Gasteiger charge is -2.42. The van der Waals surface area contributed by atoms with E-state index in [-0.39, 0.29) is 0 Å². The van der Waals surface area contributed by atoms with E-state index in [1.165, 1.54) is 12.0 Å². The van der Waals surface area contributed by atoms with Crippen molar-refractivity contribution in [3.8, 4) is 5.75 Å². The van der Waals surface area contributed by atoms with Crippen molar-refractivity contribution in [2.24, 2.45) is 5.92 Å². The molecule has 21 heavy (non-hydrogen) atoms. The first kappa shape index (κ1) is 16.6. The van der Waals surface area contributed by atoms with Crippen LogP contribution in [-0.2, 0) is 6.54 Å². The Bertz CT molecular complexity index is 466. The van der Waals surface area contributed by atoms with Gasteiger partial charge in [0.2, 0.25) is 0 Å². The first-order valence-corrected chi connectivity index (χ1v) is 8.22. The maximum absolute atomic E-state index is 6.16. The number of rotatable bonds is 5. The molecule has 1 aliphatic rings. The predicted octanol–water partition coefficient (Wildman–Crippen LogP) is 3.56. The number of benzene rings is 1. The predicted molar refractivity (Wildman–Crippen MR) is 89.1 cm³/mol. The van der Waals surface area contributed by atoms with Crippen LogP contribution in [-0.4, -0.2) is 37.2 Å². The third kappa shape index (κ3) is 4.12. The molecule has 1 N–H and O–H groups in total. The van der Waals surface area contributed by atoms with E-state index < -0.39 is 0 Å². The number of nitrogens with one attached hydrogen (secondary N) is 1. The zero-order valence-electron chi connectivity index (χ0n) is 13.5. The molecule has 1 fully saturated rings. The molecule has 1 aromatic rings. The Hall–Kier alpha value is -0.770. The molecule has 3 atom stereocenters. The maximum Gasteiger partial charge on any atom is 0.123 e. The topological polar surface area (TPSA) is 24.5 Å². The molecule has 0 aromatic heterocycles. The molecule has 118 valence electrons. The molecule has 0 aliphatic carbocycles. The standard InChI is InChI=1S/C17H27ClN2O/c1-5-12(2)16-9-19-13(3)10-20(16)11-14-8-15(18)6-7-17(14)21-4/h6-8,12-13,16,19H,5,9-11H2,1-4H3. The summed E-state index contributed by atoms with van der Waals surface area (Å²) in [7, 11) is 1.72. The fraction of sp³-hybridized carbons (Fsp3) is 0.647. The van der Waals surface area contributed by atoms with Crippen LogP contribution in [0.2, 0.25) is 5.02 Å². The summed E-state index contributed by atoms with van der Waals surface area (Å²) in [6.07, 6.45) is 1.20. The lowest BCUT2D eigenvalue weighted by atomic mass is 9.94. The monoisotopic (exact) mass is 310 g/mol. The molecule has 0 spiro atoms. The number of methoxy groups -OCH3 is 1. The van der Waals surface area contributed by atoms with Gasteiger partial charge in [-0.05, 0) is 31.0 Å². The first-order chi connectivity index (χ1) is 10.0. The van der Waals surface area contributed by atoms with Crippen molar-refractivity contribution in [1.82, 2.24) is 10.2 Å². The van der Waals surface area contributed by atoms with Crippen LogP contribution in [0.1, 0.15) is 32.8 Å². The highest BCUT2D eigenvalue weighted by Crippen LogP contribution is 2.27. The summed E-state index contributed by atoms with van der Waals surface area (Å²) >= 11 is 6.16. The minimum atomic E-state index is 0.524. The fourth-order valence-electron chi connectivity index (χ4n) is 3.11. The van der Waals surface area contributed by atoms with Crippen molar-refractivity contribution in [2.45, 2.75) is 45.8 Å². The summed E-state index contributed by atoms with van der Waals surface area (Å²) in [6, 6.07) is 6.96.